The second-order valence-corrected chi connectivity index (χ2v) is 8.98. The molecule has 37 heavy (non-hydrogen) atoms. The van der Waals surface area contributed by atoms with Crippen molar-refractivity contribution >= 4 is 29.2 Å². The molecular formula is C27H30ClN5O4. The first-order chi connectivity index (χ1) is 18.0. The van der Waals surface area contributed by atoms with Crippen LogP contribution in [0.25, 0.3) is 11.3 Å². The predicted molar refractivity (Wildman–Crippen MR) is 142 cm³/mol. The van der Waals surface area contributed by atoms with Crippen LogP contribution in [0.2, 0.25) is 5.02 Å². The second kappa shape index (κ2) is 12.5. The van der Waals surface area contributed by atoms with Crippen molar-refractivity contribution in [3.8, 4) is 17.0 Å². The number of hydrogen-bond donors (Lipinski definition) is 0. The topological polar surface area (TPSA) is 88.1 Å². The Hall–Kier alpha value is -3.69. The fourth-order valence-electron chi connectivity index (χ4n) is 4.12. The van der Waals surface area contributed by atoms with E-state index in [-0.39, 0.29) is 18.4 Å². The molecule has 0 aliphatic carbocycles. The third-order valence-electron chi connectivity index (χ3n) is 6.27. The Morgan fingerprint density at radius 3 is 2.30 bits per heavy atom. The number of benzene rings is 2. The number of aromatic nitrogens is 2. The molecule has 194 valence electrons. The molecule has 10 heteroatoms. The van der Waals surface area contributed by atoms with E-state index in [0.29, 0.717) is 61.4 Å². The highest BCUT2D eigenvalue weighted by Gasteiger charge is 2.26. The van der Waals surface area contributed by atoms with Gasteiger partial charge in [-0.1, -0.05) is 29.8 Å². The molecule has 1 aromatic heterocycles. The van der Waals surface area contributed by atoms with Gasteiger partial charge in [-0.2, -0.15) is 0 Å². The van der Waals surface area contributed by atoms with Crippen molar-refractivity contribution in [3.63, 3.8) is 0 Å². The van der Waals surface area contributed by atoms with E-state index in [1.54, 1.807) is 43.4 Å². The molecule has 1 saturated heterocycles. The highest BCUT2D eigenvalue weighted by Crippen LogP contribution is 2.26. The summed E-state index contributed by atoms with van der Waals surface area (Å²) < 4.78 is 10.3. The molecule has 0 bridgehead atoms. The lowest BCUT2D eigenvalue weighted by molar-refractivity contribution is -0.132. The van der Waals surface area contributed by atoms with E-state index in [1.807, 2.05) is 36.4 Å². The first kappa shape index (κ1) is 26.4. The Bertz CT molecular complexity index is 1200. The van der Waals surface area contributed by atoms with Crippen molar-refractivity contribution < 1.29 is 19.1 Å². The molecule has 2 heterocycles. The molecule has 1 aliphatic rings. The molecular weight excluding hydrogens is 494 g/mol. The lowest BCUT2D eigenvalue weighted by Crippen LogP contribution is -2.52. The summed E-state index contributed by atoms with van der Waals surface area (Å²) in [5.41, 5.74) is 2.04. The number of methoxy groups -OCH3 is 2. The monoisotopic (exact) mass is 523 g/mol. The largest absolute Gasteiger partial charge is 0.497 e. The predicted octanol–water partition coefficient (Wildman–Crippen LogP) is 3.24. The highest BCUT2D eigenvalue weighted by molar-refractivity contribution is 6.33. The van der Waals surface area contributed by atoms with Gasteiger partial charge in [-0.25, -0.2) is 0 Å². The molecule has 3 aromatic rings. The number of halogens is 1. The van der Waals surface area contributed by atoms with Crippen LogP contribution in [0, 0.1) is 0 Å². The van der Waals surface area contributed by atoms with Crippen LogP contribution >= 0.6 is 11.6 Å². The fraction of sp³-hybridized carbons (Fsp3) is 0.333. The molecule has 0 unspecified atom stereocenters. The van der Waals surface area contributed by atoms with Gasteiger partial charge in [-0.3, -0.25) is 9.59 Å². The van der Waals surface area contributed by atoms with Crippen molar-refractivity contribution in [2.24, 2.45) is 0 Å². The quantitative estimate of drug-likeness (QED) is 0.425. The Morgan fingerprint density at radius 1 is 0.946 bits per heavy atom. The second-order valence-electron chi connectivity index (χ2n) is 8.57. The Morgan fingerprint density at radius 2 is 1.68 bits per heavy atom. The standard InChI is InChI=1S/C27H30ClN5O4/c1-36-18-17-33(27(35)20-7-9-21(37-2)10-8-20)19-26(34)32-15-13-31(14-16-32)25-12-11-24(29-30-25)22-5-3-4-6-23(22)28/h3-12H,13-19H2,1-2H3. The number of hydrogen-bond acceptors (Lipinski definition) is 7. The van der Waals surface area contributed by atoms with Gasteiger partial charge in [0.25, 0.3) is 5.91 Å². The lowest BCUT2D eigenvalue weighted by atomic mass is 10.1. The molecule has 2 aromatic carbocycles. The lowest BCUT2D eigenvalue weighted by Gasteiger charge is -2.36. The Balaban J connectivity index is 1.35. The van der Waals surface area contributed by atoms with Gasteiger partial charge in [0, 0.05) is 51.0 Å². The molecule has 0 N–H and O–H groups in total. The molecule has 0 saturated carbocycles. The normalized spacial score (nSPS) is 13.4. The van der Waals surface area contributed by atoms with Crippen molar-refractivity contribution in [3.05, 3.63) is 71.2 Å². The molecule has 9 nitrogen and oxygen atoms in total. The number of piperazine rings is 1. The zero-order chi connectivity index (χ0) is 26.2. The third-order valence-corrected chi connectivity index (χ3v) is 6.60. The van der Waals surface area contributed by atoms with E-state index >= 15 is 0 Å². The molecule has 0 atom stereocenters. The first-order valence-corrected chi connectivity index (χ1v) is 12.4. The van der Waals surface area contributed by atoms with Gasteiger partial charge in [0.1, 0.15) is 12.3 Å². The van der Waals surface area contributed by atoms with Crippen LogP contribution in [-0.2, 0) is 9.53 Å². The average molecular weight is 524 g/mol. The number of ether oxygens (including phenoxy) is 2. The molecule has 4 rings (SSSR count). The summed E-state index contributed by atoms with van der Waals surface area (Å²) in [5.74, 6) is 1.09. The van der Waals surface area contributed by atoms with Crippen molar-refractivity contribution in [2.75, 3.05) is 65.0 Å². The van der Waals surface area contributed by atoms with Gasteiger partial charge in [-0.05, 0) is 42.5 Å². The van der Waals surface area contributed by atoms with E-state index in [2.05, 4.69) is 15.1 Å². The SMILES string of the molecule is COCCN(CC(=O)N1CCN(c2ccc(-c3ccccc3Cl)nn2)CC1)C(=O)c1ccc(OC)cc1. The van der Waals surface area contributed by atoms with E-state index in [4.69, 9.17) is 21.1 Å². The smallest absolute Gasteiger partial charge is 0.254 e. The van der Waals surface area contributed by atoms with Crippen molar-refractivity contribution in [1.82, 2.24) is 20.0 Å². The van der Waals surface area contributed by atoms with E-state index < -0.39 is 0 Å². The van der Waals surface area contributed by atoms with E-state index in [9.17, 15) is 9.59 Å². The average Bonchev–Trinajstić information content (AvgIpc) is 2.95. The minimum absolute atomic E-state index is 0.0133. The maximum Gasteiger partial charge on any atom is 0.254 e. The number of carbonyl (C=O) groups is 2. The molecule has 1 aliphatic heterocycles. The number of nitrogens with zero attached hydrogens (tertiary/aromatic N) is 5. The number of amides is 2. The molecule has 1 fully saturated rings. The summed E-state index contributed by atoms with van der Waals surface area (Å²) in [6.07, 6.45) is 0. The van der Waals surface area contributed by atoms with Crippen molar-refractivity contribution in [2.45, 2.75) is 0 Å². The summed E-state index contributed by atoms with van der Waals surface area (Å²) in [6.45, 7) is 2.95. The van der Waals surface area contributed by atoms with Gasteiger partial charge in [0.15, 0.2) is 5.82 Å². The van der Waals surface area contributed by atoms with Crippen LogP contribution in [0.3, 0.4) is 0 Å². The van der Waals surface area contributed by atoms with Crippen LogP contribution in [-0.4, -0.2) is 91.9 Å². The molecule has 2 amide bonds. The summed E-state index contributed by atoms with van der Waals surface area (Å²) in [4.78, 5) is 31.6. The van der Waals surface area contributed by atoms with E-state index in [1.165, 1.54) is 4.90 Å². The fourth-order valence-corrected chi connectivity index (χ4v) is 4.36. The van der Waals surface area contributed by atoms with Crippen molar-refractivity contribution in [1.29, 1.82) is 0 Å². The molecule has 0 radical (unpaired) electrons. The minimum atomic E-state index is -0.222. The van der Waals surface area contributed by atoms with Gasteiger partial charge in [-0.15, -0.1) is 10.2 Å². The van der Waals surface area contributed by atoms with Crippen LogP contribution in [0.4, 0.5) is 5.82 Å². The summed E-state index contributed by atoms with van der Waals surface area (Å²) >= 11 is 6.27. The molecule has 0 spiro atoms. The van der Waals surface area contributed by atoms with E-state index in [0.717, 1.165) is 11.4 Å². The van der Waals surface area contributed by atoms with Crippen LogP contribution in [0.1, 0.15) is 10.4 Å². The maximum absolute atomic E-state index is 13.1. The zero-order valence-electron chi connectivity index (χ0n) is 21.0. The van der Waals surface area contributed by atoms with Crippen LogP contribution < -0.4 is 9.64 Å². The van der Waals surface area contributed by atoms with Gasteiger partial charge < -0.3 is 24.2 Å². The maximum atomic E-state index is 13.1. The van der Waals surface area contributed by atoms with Gasteiger partial charge in [0.2, 0.25) is 5.91 Å². The summed E-state index contributed by atoms with van der Waals surface area (Å²) in [5, 5.41) is 9.35. The number of anilines is 1. The summed E-state index contributed by atoms with van der Waals surface area (Å²) in [6, 6.07) is 18.2. The number of rotatable bonds is 9. The Labute approximate surface area is 221 Å². The Kier molecular flexibility index (Phi) is 8.92. The number of carbonyl (C=O) groups excluding carboxylic acids is 2. The minimum Gasteiger partial charge on any atom is -0.497 e. The van der Waals surface area contributed by atoms with Crippen LogP contribution in [0.5, 0.6) is 5.75 Å². The highest BCUT2D eigenvalue weighted by atomic mass is 35.5. The first-order valence-electron chi connectivity index (χ1n) is 12.0. The van der Waals surface area contributed by atoms with Gasteiger partial charge >= 0.3 is 0 Å². The zero-order valence-corrected chi connectivity index (χ0v) is 21.7. The summed E-state index contributed by atoms with van der Waals surface area (Å²) in [7, 11) is 3.14. The van der Waals surface area contributed by atoms with Crippen LogP contribution in [0.15, 0.2) is 60.7 Å². The third kappa shape index (κ3) is 6.55. The van der Waals surface area contributed by atoms with Gasteiger partial charge in [0.05, 0.1) is 24.4 Å².